The lowest BCUT2D eigenvalue weighted by Crippen LogP contribution is -2.25. The van der Waals surface area contributed by atoms with Crippen molar-refractivity contribution in [1.82, 2.24) is 0 Å². The summed E-state index contributed by atoms with van der Waals surface area (Å²) >= 11 is 0. The molecule has 0 spiro atoms. The molecule has 3 heteroatoms. The quantitative estimate of drug-likeness (QED) is 0.727. The van der Waals surface area contributed by atoms with Crippen molar-refractivity contribution in [3.8, 4) is 5.75 Å². The molecule has 0 saturated carbocycles. The number of hydrogen-bond acceptors (Lipinski definition) is 3. The van der Waals surface area contributed by atoms with Gasteiger partial charge in [-0.25, -0.2) is 0 Å². The smallest absolute Gasteiger partial charge is 0.227 e. The molecule has 0 saturated heterocycles. The third-order valence-electron chi connectivity index (χ3n) is 2.14. The van der Waals surface area contributed by atoms with Gasteiger partial charge < -0.3 is 9.84 Å². The SMILES string of the molecule is CC(=O)C1=Cc2ccccc2OC1O. The number of ether oxygens (including phenoxy) is 1. The summed E-state index contributed by atoms with van der Waals surface area (Å²) in [4.78, 5) is 11.1. The number of aliphatic hydroxyl groups is 1. The Morgan fingerprint density at radius 2 is 2.14 bits per heavy atom. The summed E-state index contributed by atoms with van der Waals surface area (Å²) < 4.78 is 5.17. The molecule has 3 nitrogen and oxygen atoms in total. The number of hydrogen-bond donors (Lipinski definition) is 1. The number of benzene rings is 1. The zero-order valence-electron chi connectivity index (χ0n) is 7.73. The van der Waals surface area contributed by atoms with Crippen LogP contribution in [0.1, 0.15) is 12.5 Å². The maximum absolute atomic E-state index is 11.1. The van der Waals surface area contributed by atoms with Gasteiger partial charge in [-0.1, -0.05) is 18.2 Å². The molecule has 1 unspecified atom stereocenters. The molecule has 1 heterocycles. The lowest BCUT2D eigenvalue weighted by molar-refractivity contribution is -0.116. The highest BCUT2D eigenvalue weighted by atomic mass is 16.6. The number of ketones is 1. The van der Waals surface area contributed by atoms with Crippen LogP contribution in [0.5, 0.6) is 5.75 Å². The Balaban J connectivity index is 2.49. The standard InChI is InChI=1S/C11H10O3/c1-7(12)9-6-8-4-2-3-5-10(8)14-11(9)13/h2-6,11,13H,1H3. The van der Waals surface area contributed by atoms with E-state index >= 15 is 0 Å². The van der Waals surface area contributed by atoms with E-state index in [1.807, 2.05) is 18.2 Å². The van der Waals surface area contributed by atoms with Crippen LogP contribution in [0.4, 0.5) is 0 Å². The van der Waals surface area contributed by atoms with Crippen LogP contribution in [0.3, 0.4) is 0 Å². The van der Waals surface area contributed by atoms with Crippen LogP contribution in [-0.4, -0.2) is 17.2 Å². The van der Waals surface area contributed by atoms with E-state index in [0.717, 1.165) is 5.56 Å². The van der Waals surface area contributed by atoms with Gasteiger partial charge in [-0.15, -0.1) is 0 Å². The molecule has 0 bridgehead atoms. The summed E-state index contributed by atoms with van der Waals surface area (Å²) in [6.07, 6.45) is 0.522. The number of Topliss-reactive ketones (excluding diaryl/α,β-unsaturated/α-hetero) is 1. The highest BCUT2D eigenvalue weighted by Gasteiger charge is 2.22. The van der Waals surface area contributed by atoms with E-state index in [2.05, 4.69) is 0 Å². The molecule has 0 aliphatic carbocycles. The van der Waals surface area contributed by atoms with Gasteiger partial charge in [0.2, 0.25) is 6.29 Å². The molecule has 1 aliphatic rings. The number of fused-ring (bicyclic) bond motifs is 1. The second-order valence-corrected chi connectivity index (χ2v) is 3.16. The average molecular weight is 190 g/mol. The number of aliphatic hydroxyl groups excluding tert-OH is 1. The zero-order valence-corrected chi connectivity index (χ0v) is 7.73. The van der Waals surface area contributed by atoms with Crippen LogP contribution in [-0.2, 0) is 4.79 Å². The molecule has 14 heavy (non-hydrogen) atoms. The number of carbonyl (C=O) groups is 1. The maximum atomic E-state index is 11.1. The predicted octanol–water partition coefficient (Wildman–Crippen LogP) is 1.37. The van der Waals surface area contributed by atoms with Gasteiger partial charge in [0.25, 0.3) is 0 Å². The maximum Gasteiger partial charge on any atom is 0.227 e. The lowest BCUT2D eigenvalue weighted by Gasteiger charge is -2.21. The Labute approximate surface area is 81.6 Å². The first-order chi connectivity index (χ1) is 6.68. The number of para-hydroxylation sites is 1. The Hall–Kier alpha value is -1.61. The Bertz CT molecular complexity index is 407. The lowest BCUT2D eigenvalue weighted by atomic mass is 10.0. The second kappa shape index (κ2) is 3.27. The molecule has 1 atom stereocenters. The van der Waals surface area contributed by atoms with Crippen molar-refractivity contribution in [2.75, 3.05) is 0 Å². The van der Waals surface area contributed by atoms with Crippen molar-refractivity contribution >= 4 is 11.9 Å². The van der Waals surface area contributed by atoms with E-state index in [1.165, 1.54) is 6.92 Å². The molecule has 2 rings (SSSR count). The van der Waals surface area contributed by atoms with Crippen molar-refractivity contribution in [3.63, 3.8) is 0 Å². The Kier molecular flexibility index (Phi) is 2.09. The van der Waals surface area contributed by atoms with Crippen LogP contribution in [0, 0.1) is 0 Å². The third-order valence-corrected chi connectivity index (χ3v) is 2.14. The molecule has 72 valence electrons. The van der Waals surface area contributed by atoms with Crippen molar-refractivity contribution in [1.29, 1.82) is 0 Å². The van der Waals surface area contributed by atoms with E-state index in [9.17, 15) is 9.90 Å². The average Bonchev–Trinajstić information content (AvgIpc) is 2.16. The van der Waals surface area contributed by atoms with Crippen LogP contribution in [0.15, 0.2) is 29.8 Å². The van der Waals surface area contributed by atoms with Crippen molar-refractivity contribution in [2.24, 2.45) is 0 Å². The van der Waals surface area contributed by atoms with Gasteiger partial charge >= 0.3 is 0 Å². The van der Waals surface area contributed by atoms with E-state index < -0.39 is 6.29 Å². The molecular formula is C11H10O3. The van der Waals surface area contributed by atoms with Gasteiger partial charge in [-0.2, -0.15) is 0 Å². The summed E-state index contributed by atoms with van der Waals surface area (Å²) in [6.45, 7) is 1.41. The van der Waals surface area contributed by atoms with Crippen molar-refractivity contribution < 1.29 is 14.6 Å². The molecule has 1 aromatic rings. The van der Waals surface area contributed by atoms with Gasteiger partial charge in [-0.05, 0) is 19.1 Å². The molecule has 1 aromatic carbocycles. The van der Waals surface area contributed by atoms with E-state index in [1.54, 1.807) is 12.1 Å². The van der Waals surface area contributed by atoms with Gasteiger partial charge in [0.05, 0.1) is 5.57 Å². The zero-order chi connectivity index (χ0) is 10.1. The first-order valence-corrected chi connectivity index (χ1v) is 4.35. The summed E-state index contributed by atoms with van der Waals surface area (Å²) in [5.74, 6) is 0.428. The van der Waals surface area contributed by atoms with Gasteiger partial charge in [-0.3, -0.25) is 4.79 Å². The molecule has 0 fully saturated rings. The Morgan fingerprint density at radius 3 is 2.86 bits per heavy atom. The number of carbonyl (C=O) groups excluding carboxylic acids is 1. The van der Waals surface area contributed by atoms with E-state index in [-0.39, 0.29) is 5.78 Å². The summed E-state index contributed by atoms with van der Waals surface area (Å²) in [7, 11) is 0. The highest BCUT2D eigenvalue weighted by Crippen LogP contribution is 2.28. The van der Waals surface area contributed by atoms with Crippen LogP contribution in [0.2, 0.25) is 0 Å². The molecule has 1 N–H and O–H groups in total. The fraction of sp³-hybridized carbons (Fsp3) is 0.182. The third kappa shape index (κ3) is 1.42. The summed E-state index contributed by atoms with van der Waals surface area (Å²) in [5, 5.41) is 9.47. The fourth-order valence-corrected chi connectivity index (χ4v) is 1.41. The first-order valence-electron chi connectivity index (χ1n) is 4.35. The van der Waals surface area contributed by atoms with Crippen molar-refractivity contribution in [2.45, 2.75) is 13.2 Å². The molecule has 1 aliphatic heterocycles. The van der Waals surface area contributed by atoms with Crippen LogP contribution >= 0.6 is 0 Å². The van der Waals surface area contributed by atoms with E-state index in [0.29, 0.717) is 11.3 Å². The van der Waals surface area contributed by atoms with Gasteiger partial charge in [0.15, 0.2) is 5.78 Å². The van der Waals surface area contributed by atoms with Crippen LogP contribution in [0.25, 0.3) is 6.08 Å². The monoisotopic (exact) mass is 190 g/mol. The first kappa shape index (κ1) is 8.97. The fourth-order valence-electron chi connectivity index (χ4n) is 1.41. The number of rotatable bonds is 1. The van der Waals surface area contributed by atoms with Crippen molar-refractivity contribution in [3.05, 3.63) is 35.4 Å². The molecule has 0 aromatic heterocycles. The normalized spacial score (nSPS) is 19.3. The minimum absolute atomic E-state index is 0.174. The minimum atomic E-state index is -1.14. The second-order valence-electron chi connectivity index (χ2n) is 3.16. The molecule has 0 amide bonds. The molecular weight excluding hydrogens is 180 g/mol. The van der Waals surface area contributed by atoms with Crippen LogP contribution < -0.4 is 4.74 Å². The minimum Gasteiger partial charge on any atom is -0.460 e. The largest absolute Gasteiger partial charge is 0.460 e. The predicted molar refractivity (Wildman–Crippen MR) is 51.7 cm³/mol. The van der Waals surface area contributed by atoms with E-state index in [4.69, 9.17) is 4.74 Å². The highest BCUT2D eigenvalue weighted by molar-refractivity contribution is 5.99. The summed E-state index contributed by atoms with van der Waals surface area (Å²) in [6, 6.07) is 7.27. The summed E-state index contributed by atoms with van der Waals surface area (Å²) in [5.41, 5.74) is 1.12. The Morgan fingerprint density at radius 1 is 1.43 bits per heavy atom. The van der Waals surface area contributed by atoms with Gasteiger partial charge in [0, 0.05) is 5.56 Å². The topological polar surface area (TPSA) is 46.5 Å². The van der Waals surface area contributed by atoms with Gasteiger partial charge in [0.1, 0.15) is 5.75 Å². The molecule has 0 radical (unpaired) electrons.